The SMILES string of the molecule is Cc1ccccc1-c1ccc(N(C2=CC(C)C(c3ccccc3)C=C2)C2CCC(C3C=CC(N(C4=CC=C(c5ccccc5)CC4C)c4ccc(-c5ccccc5)cc4)CC3)CC2)cc1CC1C=CCCC1. The average molecular weight is 943 g/mol. The largest absolute Gasteiger partial charge is 0.339 e. The minimum absolute atomic E-state index is 0.323. The lowest BCUT2D eigenvalue weighted by Gasteiger charge is -2.44. The van der Waals surface area contributed by atoms with Crippen LogP contribution in [0.1, 0.15) is 106 Å². The molecule has 0 spiro atoms. The summed E-state index contributed by atoms with van der Waals surface area (Å²) < 4.78 is 0. The summed E-state index contributed by atoms with van der Waals surface area (Å²) in [5, 5.41) is 0. The van der Waals surface area contributed by atoms with Crippen molar-refractivity contribution in [3.05, 3.63) is 246 Å². The van der Waals surface area contributed by atoms with Crippen LogP contribution >= 0.6 is 0 Å². The van der Waals surface area contributed by atoms with E-state index >= 15 is 0 Å². The fourth-order valence-electron chi connectivity index (χ4n) is 13.2. The maximum atomic E-state index is 2.79. The zero-order valence-corrected chi connectivity index (χ0v) is 43.0. The van der Waals surface area contributed by atoms with Crippen molar-refractivity contribution in [2.24, 2.45) is 29.6 Å². The van der Waals surface area contributed by atoms with E-state index in [2.05, 4.69) is 243 Å². The third-order valence-electron chi connectivity index (χ3n) is 17.2. The van der Waals surface area contributed by atoms with Crippen molar-refractivity contribution < 1.29 is 0 Å². The van der Waals surface area contributed by atoms with Crippen LogP contribution in [0.25, 0.3) is 27.8 Å². The molecule has 364 valence electrons. The average Bonchev–Trinajstić information content (AvgIpc) is 3.43. The topological polar surface area (TPSA) is 6.48 Å². The van der Waals surface area contributed by atoms with Crippen LogP contribution in [0.2, 0.25) is 0 Å². The molecule has 2 heteroatoms. The number of allylic oxidation sites excluding steroid dienone is 10. The molecule has 0 heterocycles. The Hall–Kier alpha value is -6.64. The van der Waals surface area contributed by atoms with E-state index in [0.29, 0.717) is 47.6 Å². The number of benzene rings is 6. The first-order chi connectivity index (χ1) is 35.4. The van der Waals surface area contributed by atoms with E-state index in [1.165, 1.54) is 124 Å². The number of aryl methyl sites for hydroxylation is 1. The van der Waals surface area contributed by atoms with Gasteiger partial charge in [0.15, 0.2) is 0 Å². The van der Waals surface area contributed by atoms with E-state index in [4.69, 9.17) is 0 Å². The van der Waals surface area contributed by atoms with Crippen LogP contribution in [0.15, 0.2) is 224 Å². The molecule has 0 aliphatic heterocycles. The van der Waals surface area contributed by atoms with Crippen molar-refractivity contribution in [3.8, 4) is 22.3 Å². The predicted octanol–water partition coefficient (Wildman–Crippen LogP) is 18.3. The molecular formula is C70H74N2. The van der Waals surface area contributed by atoms with Crippen LogP contribution in [0, 0.1) is 36.5 Å². The molecule has 1 saturated carbocycles. The van der Waals surface area contributed by atoms with E-state index in [9.17, 15) is 0 Å². The molecule has 5 aliphatic rings. The first-order valence-electron chi connectivity index (χ1n) is 27.6. The monoisotopic (exact) mass is 943 g/mol. The van der Waals surface area contributed by atoms with E-state index in [-0.39, 0.29) is 0 Å². The van der Waals surface area contributed by atoms with Gasteiger partial charge in [0.25, 0.3) is 0 Å². The van der Waals surface area contributed by atoms with E-state index in [1.54, 1.807) is 0 Å². The Morgan fingerprint density at radius 1 is 0.556 bits per heavy atom. The van der Waals surface area contributed by atoms with Gasteiger partial charge in [-0.05, 0) is 188 Å². The second-order valence-electron chi connectivity index (χ2n) is 21.9. The molecule has 0 bridgehead atoms. The van der Waals surface area contributed by atoms with Crippen molar-refractivity contribution >= 4 is 16.9 Å². The fraction of sp³-hybridized carbons (Fsp3) is 0.314. The summed E-state index contributed by atoms with van der Waals surface area (Å²) in [5.41, 5.74) is 17.8. The second kappa shape index (κ2) is 22.0. The molecule has 6 atom stereocenters. The Balaban J connectivity index is 0.860. The summed E-state index contributed by atoms with van der Waals surface area (Å²) in [6, 6.07) is 59.6. The van der Waals surface area contributed by atoms with Crippen molar-refractivity contribution in [2.75, 3.05) is 9.80 Å². The van der Waals surface area contributed by atoms with Crippen LogP contribution in [-0.2, 0) is 6.42 Å². The standard InChI is InChI=1S/C70H74N2/c1-50-18-16-17-27-68(50)69-44-42-66(49-61(69)48-53-19-8-4-9-20-53)71(65-41-43-67(51(2)47-65)59-25-14-7-15-26-59)62-35-28-57(29-36-62)58-32-39-64(40-33-58)72(63-37-30-56(31-38-63)54-21-10-5-11-22-54)70-45-34-60(46-52(70)3)55-23-12-6-13-24-55/h5-8,10-19,21-27,30-32,34,37-39,41-45,47,49,51-53,57-58,62,64,67H,4,9,20,28-29,33,35-36,40,46,48H2,1-3H3. The molecule has 72 heavy (non-hydrogen) atoms. The van der Waals surface area contributed by atoms with Gasteiger partial charge in [-0.25, -0.2) is 0 Å². The van der Waals surface area contributed by atoms with Crippen LogP contribution in [0.4, 0.5) is 11.4 Å². The molecule has 11 rings (SSSR count). The fourth-order valence-corrected chi connectivity index (χ4v) is 13.2. The Bertz CT molecular complexity index is 2960. The smallest absolute Gasteiger partial charge is 0.0519 e. The summed E-state index contributed by atoms with van der Waals surface area (Å²) in [4.78, 5) is 5.48. The molecule has 0 aromatic heterocycles. The zero-order valence-electron chi connectivity index (χ0n) is 43.0. The lowest BCUT2D eigenvalue weighted by atomic mass is 9.73. The minimum Gasteiger partial charge on any atom is -0.339 e. The quantitative estimate of drug-likeness (QED) is 0.106. The number of rotatable bonds is 13. The highest BCUT2D eigenvalue weighted by atomic mass is 15.2. The molecule has 0 amide bonds. The number of nitrogens with zero attached hydrogens (tertiary/aromatic N) is 2. The van der Waals surface area contributed by atoms with Gasteiger partial charge >= 0.3 is 0 Å². The minimum atomic E-state index is 0.323. The van der Waals surface area contributed by atoms with Gasteiger partial charge in [-0.3, -0.25) is 0 Å². The molecule has 6 aromatic rings. The van der Waals surface area contributed by atoms with Gasteiger partial charge in [0.2, 0.25) is 0 Å². The normalized spacial score (nSPS) is 25.0. The van der Waals surface area contributed by atoms with Crippen LogP contribution in [-0.4, -0.2) is 12.1 Å². The van der Waals surface area contributed by atoms with Gasteiger partial charge in [0.1, 0.15) is 0 Å². The molecule has 6 unspecified atom stereocenters. The van der Waals surface area contributed by atoms with Crippen LogP contribution < -0.4 is 9.80 Å². The zero-order chi connectivity index (χ0) is 48.8. The van der Waals surface area contributed by atoms with E-state index < -0.39 is 0 Å². The molecule has 2 nitrogen and oxygen atoms in total. The van der Waals surface area contributed by atoms with E-state index in [0.717, 1.165) is 19.3 Å². The summed E-state index contributed by atoms with van der Waals surface area (Å²) in [5.74, 6) is 3.10. The van der Waals surface area contributed by atoms with Crippen LogP contribution in [0.3, 0.4) is 0 Å². The number of hydrogen-bond acceptors (Lipinski definition) is 2. The summed E-state index contributed by atoms with van der Waals surface area (Å²) in [7, 11) is 0. The third kappa shape index (κ3) is 10.5. The van der Waals surface area contributed by atoms with Gasteiger partial charge in [-0.15, -0.1) is 0 Å². The molecule has 5 aliphatic carbocycles. The Morgan fingerprint density at radius 2 is 1.25 bits per heavy atom. The Morgan fingerprint density at radius 3 is 1.93 bits per heavy atom. The van der Waals surface area contributed by atoms with E-state index in [1.807, 2.05) is 0 Å². The second-order valence-corrected chi connectivity index (χ2v) is 21.9. The highest BCUT2D eigenvalue weighted by Gasteiger charge is 2.35. The Labute approximate surface area is 431 Å². The summed E-state index contributed by atoms with van der Waals surface area (Å²) in [6.45, 7) is 7.13. The molecule has 0 radical (unpaired) electrons. The maximum absolute atomic E-state index is 2.79. The highest BCUT2D eigenvalue weighted by Crippen LogP contribution is 2.45. The number of anilines is 2. The Kier molecular flexibility index (Phi) is 14.6. The van der Waals surface area contributed by atoms with Gasteiger partial charge < -0.3 is 9.80 Å². The molecule has 0 saturated heterocycles. The van der Waals surface area contributed by atoms with Gasteiger partial charge in [0.05, 0.1) is 6.04 Å². The van der Waals surface area contributed by atoms with Crippen molar-refractivity contribution in [1.29, 1.82) is 0 Å². The summed E-state index contributed by atoms with van der Waals surface area (Å²) in [6.07, 6.45) is 35.8. The first kappa shape index (κ1) is 47.7. The maximum Gasteiger partial charge on any atom is 0.0519 e. The van der Waals surface area contributed by atoms with Crippen molar-refractivity contribution in [2.45, 2.75) is 109 Å². The van der Waals surface area contributed by atoms with Crippen molar-refractivity contribution in [3.63, 3.8) is 0 Å². The van der Waals surface area contributed by atoms with Gasteiger partial charge in [-0.2, -0.15) is 0 Å². The molecule has 6 aromatic carbocycles. The molecule has 0 N–H and O–H groups in total. The lowest BCUT2D eigenvalue weighted by Crippen LogP contribution is -2.40. The van der Waals surface area contributed by atoms with Gasteiger partial charge in [0, 0.05) is 40.6 Å². The predicted molar refractivity (Wildman–Crippen MR) is 307 cm³/mol. The van der Waals surface area contributed by atoms with Crippen LogP contribution in [0.5, 0.6) is 0 Å². The molecular weight excluding hydrogens is 869 g/mol. The highest BCUT2D eigenvalue weighted by molar-refractivity contribution is 5.75. The van der Waals surface area contributed by atoms with Crippen molar-refractivity contribution in [1.82, 2.24) is 0 Å². The summed E-state index contributed by atoms with van der Waals surface area (Å²) >= 11 is 0. The third-order valence-corrected chi connectivity index (χ3v) is 17.2. The molecule has 1 fully saturated rings. The first-order valence-corrected chi connectivity index (χ1v) is 27.6. The number of hydrogen-bond donors (Lipinski definition) is 0. The van der Waals surface area contributed by atoms with Gasteiger partial charge in [-0.1, -0.05) is 190 Å². The lowest BCUT2D eigenvalue weighted by molar-refractivity contribution is 0.244.